The summed E-state index contributed by atoms with van der Waals surface area (Å²) >= 11 is 0. The molecule has 0 fully saturated rings. The fraction of sp³-hybridized carbons (Fsp3) is 0. The van der Waals surface area contributed by atoms with Crippen molar-refractivity contribution >= 4 is 62.7 Å². The summed E-state index contributed by atoms with van der Waals surface area (Å²) < 4.78 is 108. The smallest absolute Gasteiger partial charge is 0.282 e. The van der Waals surface area contributed by atoms with Gasteiger partial charge in [0.1, 0.15) is 14.7 Å². The zero-order valence-corrected chi connectivity index (χ0v) is 15.9. The molecule has 0 unspecified atom stereocenters. The molecule has 0 radical (unpaired) electrons. The summed E-state index contributed by atoms with van der Waals surface area (Å²) in [5, 5.41) is -0.197. The summed E-state index contributed by atoms with van der Waals surface area (Å²) in [5.74, 6) is 0. The molecule has 3 N–H and O–H groups in total. The molecular weight excluding hydrogens is 432 g/mol. The highest BCUT2D eigenvalue weighted by Crippen LogP contribution is 2.41. The molecule has 0 saturated carbocycles. The van der Waals surface area contributed by atoms with Gasteiger partial charge in [0, 0.05) is 21.5 Å². The summed E-state index contributed by atoms with van der Waals surface area (Å²) in [6, 6.07) is 6.20. The molecule has 146 valence electrons. The topological polar surface area (TPSA) is 163 Å². The molecule has 12 heteroatoms. The Bertz CT molecular complexity index is 1620. The number of benzene rings is 4. The van der Waals surface area contributed by atoms with Gasteiger partial charge in [0.15, 0.2) is 0 Å². The Morgan fingerprint density at radius 3 is 1.43 bits per heavy atom. The van der Waals surface area contributed by atoms with Crippen molar-refractivity contribution in [2.24, 2.45) is 0 Å². The highest BCUT2D eigenvalue weighted by Gasteiger charge is 2.26. The monoisotopic (exact) mass is 443 g/mol. The van der Waals surface area contributed by atoms with Crippen molar-refractivity contribution in [3.05, 3.63) is 42.4 Å². The zero-order valence-electron chi connectivity index (χ0n) is 14.5. The summed E-state index contributed by atoms with van der Waals surface area (Å²) in [5.41, 5.74) is 0. The van der Waals surface area contributed by atoms with E-state index in [4.69, 9.17) is 1.37 Å². The van der Waals surface area contributed by atoms with Crippen LogP contribution in [0.3, 0.4) is 0 Å². The van der Waals surface area contributed by atoms with Crippen LogP contribution in [0.5, 0.6) is 0 Å². The van der Waals surface area contributed by atoms with Gasteiger partial charge < -0.3 is 0 Å². The van der Waals surface area contributed by atoms with Crippen molar-refractivity contribution in [2.75, 3.05) is 0 Å². The minimum atomic E-state index is -5.11. The quantitative estimate of drug-likeness (QED) is 0.318. The lowest BCUT2D eigenvalue weighted by Crippen LogP contribution is -2.06. The van der Waals surface area contributed by atoms with E-state index in [2.05, 4.69) is 0 Å². The van der Waals surface area contributed by atoms with Crippen LogP contribution in [0.25, 0.3) is 32.3 Å². The predicted molar refractivity (Wildman–Crippen MR) is 99.6 cm³/mol. The number of hydrogen-bond donors (Lipinski definition) is 3. The van der Waals surface area contributed by atoms with Crippen LogP contribution >= 0.6 is 0 Å². The van der Waals surface area contributed by atoms with Gasteiger partial charge in [-0.1, -0.05) is 30.3 Å². The second-order valence-electron chi connectivity index (χ2n) is 6.02. The Balaban J connectivity index is 2.48. The van der Waals surface area contributed by atoms with E-state index >= 15 is 0 Å². The molecule has 4 aromatic rings. The fourth-order valence-corrected chi connectivity index (χ4v) is 5.48. The molecule has 0 aliphatic rings. The summed E-state index contributed by atoms with van der Waals surface area (Å²) in [6.45, 7) is 0. The van der Waals surface area contributed by atoms with Gasteiger partial charge in [0.25, 0.3) is 30.4 Å². The van der Waals surface area contributed by atoms with E-state index in [0.717, 1.165) is 12.1 Å². The molecule has 0 aromatic heterocycles. The van der Waals surface area contributed by atoms with Gasteiger partial charge in [0.05, 0.1) is 1.37 Å². The molecule has 0 aliphatic heterocycles. The lowest BCUT2D eigenvalue weighted by Gasteiger charge is -2.16. The molecule has 0 bridgehead atoms. The molecule has 0 spiro atoms. The Morgan fingerprint density at radius 1 is 0.571 bits per heavy atom. The van der Waals surface area contributed by atoms with Gasteiger partial charge in [-0.15, -0.1) is 0 Å². The Hall–Kier alpha value is -2.35. The van der Waals surface area contributed by atoms with Crippen LogP contribution in [-0.2, 0) is 30.4 Å². The van der Waals surface area contributed by atoms with Crippen LogP contribution in [0.2, 0.25) is 0 Å². The largest absolute Gasteiger partial charge is 0.295 e. The third-order valence-electron chi connectivity index (χ3n) is 4.38. The van der Waals surface area contributed by atoms with Crippen molar-refractivity contribution in [1.29, 1.82) is 0 Å². The number of rotatable bonds is 3. The van der Waals surface area contributed by atoms with E-state index in [0.29, 0.717) is 5.39 Å². The van der Waals surface area contributed by atoms with Crippen LogP contribution in [0.15, 0.2) is 57.1 Å². The summed E-state index contributed by atoms with van der Waals surface area (Å²) in [6.07, 6.45) is 0. The van der Waals surface area contributed by atoms with Gasteiger partial charge in [0.2, 0.25) is 0 Å². The predicted octanol–water partition coefficient (Wildman–Crippen LogP) is 2.32. The van der Waals surface area contributed by atoms with E-state index < -0.39 is 51.1 Å². The maximum Gasteiger partial charge on any atom is 0.295 e. The van der Waals surface area contributed by atoms with Crippen molar-refractivity contribution in [1.82, 2.24) is 0 Å². The molecule has 4 rings (SSSR count). The molecule has 0 amide bonds. The highest BCUT2D eigenvalue weighted by molar-refractivity contribution is 7.87. The van der Waals surface area contributed by atoms with Crippen LogP contribution in [0, 0.1) is 0 Å². The first kappa shape index (κ1) is 17.7. The van der Waals surface area contributed by atoms with Gasteiger partial charge in [-0.3, -0.25) is 13.7 Å². The first-order chi connectivity index (χ1) is 13.2. The van der Waals surface area contributed by atoms with Crippen LogP contribution in [-0.4, -0.2) is 38.9 Å². The minimum Gasteiger partial charge on any atom is -0.282 e. The standard InChI is InChI=1S/C16H10O9S3/c17-26(18,19)12-6-2-8-1-3-10-13(27(20,21)22)7-14(28(23,24)25)11-5-4-9(12)15(8)16(10)11/h1-7H,(H,17,18,19)(H,20,21,22)(H,23,24,25)/i7D. The third-order valence-corrected chi connectivity index (χ3v) is 6.97. The average Bonchev–Trinajstić information content (AvgIpc) is 2.55. The average molecular weight is 443 g/mol. The molecule has 4 aromatic carbocycles. The SMILES string of the molecule is [2H]c1c(S(=O)(=O)O)c2ccc3ccc(S(=O)(=O)O)c4ccc(c1S(=O)(=O)O)c2c34. The Labute approximate surface area is 160 Å². The summed E-state index contributed by atoms with van der Waals surface area (Å²) in [7, 11) is -14.9. The molecule has 28 heavy (non-hydrogen) atoms. The second kappa shape index (κ2) is 5.59. The van der Waals surface area contributed by atoms with E-state index in [-0.39, 0.29) is 26.9 Å². The van der Waals surface area contributed by atoms with Gasteiger partial charge in [-0.25, -0.2) is 0 Å². The van der Waals surface area contributed by atoms with E-state index in [1.807, 2.05) is 0 Å². The molecule has 0 aliphatic carbocycles. The summed E-state index contributed by atoms with van der Waals surface area (Å²) in [4.78, 5) is -2.61. The maximum absolute atomic E-state index is 11.9. The lowest BCUT2D eigenvalue weighted by atomic mass is 9.94. The van der Waals surface area contributed by atoms with Crippen molar-refractivity contribution in [3.63, 3.8) is 0 Å². The van der Waals surface area contributed by atoms with Gasteiger partial charge in [-0.05, 0) is 22.9 Å². The van der Waals surface area contributed by atoms with Gasteiger partial charge >= 0.3 is 0 Å². The molecule has 0 saturated heterocycles. The lowest BCUT2D eigenvalue weighted by molar-refractivity contribution is 0.480. The van der Waals surface area contributed by atoms with Gasteiger partial charge in [-0.2, -0.15) is 25.3 Å². The van der Waals surface area contributed by atoms with E-state index in [1.54, 1.807) is 0 Å². The molecule has 0 atom stereocenters. The van der Waals surface area contributed by atoms with Crippen LogP contribution < -0.4 is 0 Å². The highest BCUT2D eigenvalue weighted by atomic mass is 32.2. The Kier molecular flexibility index (Phi) is 3.54. The van der Waals surface area contributed by atoms with Crippen molar-refractivity contribution < 1.29 is 40.3 Å². The zero-order chi connectivity index (χ0) is 21.5. The maximum atomic E-state index is 11.9. The van der Waals surface area contributed by atoms with E-state index in [1.165, 1.54) is 24.3 Å². The first-order valence-corrected chi connectivity index (χ1v) is 11.7. The van der Waals surface area contributed by atoms with E-state index in [9.17, 15) is 38.9 Å². The molecular formula is C16H10O9S3. The number of hydrogen-bond acceptors (Lipinski definition) is 6. The Morgan fingerprint density at radius 2 is 0.964 bits per heavy atom. The second-order valence-corrected chi connectivity index (χ2v) is 10.1. The fourth-order valence-electron chi connectivity index (χ4n) is 3.37. The van der Waals surface area contributed by atoms with Crippen LogP contribution in [0.4, 0.5) is 0 Å². The minimum absolute atomic E-state index is 0.0385. The molecule has 0 heterocycles. The third kappa shape index (κ3) is 2.73. The van der Waals surface area contributed by atoms with Crippen molar-refractivity contribution in [3.8, 4) is 0 Å². The normalized spacial score (nSPS) is 14.2. The van der Waals surface area contributed by atoms with Crippen LogP contribution in [0.1, 0.15) is 1.37 Å². The first-order valence-electron chi connectivity index (χ1n) is 7.89. The van der Waals surface area contributed by atoms with Crippen molar-refractivity contribution in [2.45, 2.75) is 14.7 Å². The molecule has 9 nitrogen and oxygen atoms in total.